The topological polar surface area (TPSA) is 44.4 Å². The molecule has 2 aromatic rings. The van der Waals surface area contributed by atoms with Gasteiger partial charge in [0.15, 0.2) is 0 Å². The van der Waals surface area contributed by atoms with Gasteiger partial charge in [-0.1, -0.05) is 0 Å². The molecule has 2 N–H and O–H groups in total. The first-order valence-electron chi connectivity index (χ1n) is 8.00. The molecule has 24 heavy (non-hydrogen) atoms. The maximum absolute atomic E-state index is 13.5. The van der Waals surface area contributed by atoms with Crippen molar-refractivity contribution in [1.82, 2.24) is 0 Å². The Bertz CT molecular complexity index is 713. The SMILES string of the molecule is O=C(Nc1ccc(N2CCCCC2)cc1)Nc1ccc(F)cc1F. The lowest BCUT2D eigenvalue weighted by atomic mass is 10.1. The van der Waals surface area contributed by atoms with Crippen LogP contribution in [0.4, 0.5) is 30.6 Å². The molecule has 0 aromatic heterocycles. The molecule has 6 heteroatoms. The van der Waals surface area contributed by atoms with Gasteiger partial charge in [-0.15, -0.1) is 0 Å². The van der Waals surface area contributed by atoms with Crippen LogP contribution in [0.5, 0.6) is 0 Å². The predicted octanol–water partition coefficient (Wildman–Crippen LogP) is 4.60. The van der Waals surface area contributed by atoms with Gasteiger partial charge >= 0.3 is 6.03 Å². The average molecular weight is 331 g/mol. The second-order valence-corrected chi connectivity index (χ2v) is 5.80. The number of rotatable bonds is 3. The van der Waals surface area contributed by atoms with Crippen molar-refractivity contribution in [3.63, 3.8) is 0 Å². The molecule has 0 spiro atoms. The van der Waals surface area contributed by atoms with Gasteiger partial charge in [0.25, 0.3) is 0 Å². The molecule has 4 nitrogen and oxygen atoms in total. The maximum atomic E-state index is 13.5. The summed E-state index contributed by atoms with van der Waals surface area (Å²) in [5.41, 5.74) is 1.67. The summed E-state index contributed by atoms with van der Waals surface area (Å²) in [6, 6.07) is 9.96. The van der Waals surface area contributed by atoms with Crippen molar-refractivity contribution < 1.29 is 13.6 Å². The van der Waals surface area contributed by atoms with Crippen molar-refractivity contribution in [2.75, 3.05) is 28.6 Å². The Kier molecular flexibility index (Phi) is 4.93. The number of hydrogen-bond donors (Lipinski definition) is 2. The Hall–Kier alpha value is -2.63. The van der Waals surface area contributed by atoms with Crippen LogP contribution in [-0.4, -0.2) is 19.1 Å². The second-order valence-electron chi connectivity index (χ2n) is 5.80. The van der Waals surface area contributed by atoms with Gasteiger partial charge < -0.3 is 15.5 Å². The smallest absolute Gasteiger partial charge is 0.323 e. The number of halogens is 2. The van der Waals surface area contributed by atoms with Crippen LogP contribution < -0.4 is 15.5 Å². The highest BCUT2D eigenvalue weighted by molar-refractivity contribution is 5.99. The van der Waals surface area contributed by atoms with Crippen LogP contribution in [0, 0.1) is 11.6 Å². The summed E-state index contributed by atoms with van der Waals surface area (Å²) in [5, 5.41) is 5.00. The van der Waals surface area contributed by atoms with Gasteiger partial charge in [-0.3, -0.25) is 0 Å². The number of amides is 2. The van der Waals surface area contributed by atoms with Crippen LogP contribution >= 0.6 is 0 Å². The fraction of sp³-hybridized carbons (Fsp3) is 0.278. The van der Waals surface area contributed by atoms with E-state index in [4.69, 9.17) is 0 Å². The molecule has 0 aliphatic carbocycles. The predicted molar refractivity (Wildman–Crippen MR) is 91.5 cm³/mol. The van der Waals surface area contributed by atoms with E-state index in [9.17, 15) is 13.6 Å². The van der Waals surface area contributed by atoms with Gasteiger partial charge in [-0.25, -0.2) is 13.6 Å². The molecule has 3 rings (SSSR count). The van der Waals surface area contributed by atoms with Crippen molar-refractivity contribution in [2.24, 2.45) is 0 Å². The summed E-state index contributed by atoms with van der Waals surface area (Å²) >= 11 is 0. The highest BCUT2D eigenvalue weighted by Gasteiger charge is 2.11. The summed E-state index contributed by atoms with van der Waals surface area (Å²) < 4.78 is 26.4. The lowest BCUT2D eigenvalue weighted by Gasteiger charge is -2.28. The number of benzene rings is 2. The molecular weight excluding hydrogens is 312 g/mol. The van der Waals surface area contributed by atoms with Gasteiger partial charge in [0.2, 0.25) is 0 Å². The molecular formula is C18H19F2N3O. The molecule has 126 valence electrons. The molecule has 2 amide bonds. The molecule has 0 unspecified atom stereocenters. The summed E-state index contributed by atoms with van der Waals surface area (Å²) in [6.45, 7) is 2.11. The number of nitrogens with zero attached hydrogens (tertiary/aromatic N) is 1. The molecule has 1 fully saturated rings. The highest BCUT2D eigenvalue weighted by Crippen LogP contribution is 2.22. The number of piperidine rings is 1. The molecule has 0 saturated carbocycles. The van der Waals surface area contributed by atoms with Crippen LogP contribution in [0.25, 0.3) is 0 Å². The van der Waals surface area contributed by atoms with Crippen molar-refractivity contribution in [2.45, 2.75) is 19.3 Å². The van der Waals surface area contributed by atoms with Crippen LogP contribution in [0.2, 0.25) is 0 Å². The highest BCUT2D eigenvalue weighted by atomic mass is 19.1. The zero-order valence-electron chi connectivity index (χ0n) is 13.2. The van der Waals surface area contributed by atoms with Crippen LogP contribution in [0.1, 0.15) is 19.3 Å². The largest absolute Gasteiger partial charge is 0.372 e. The van der Waals surface area contributed by atoms with Crippen molar-refractivity contribution in [3.8, 4) is 0 Å². The molecule has 0 bridgehead atoms. The third kappa shape index (κ3) is 4.01. The van der Waals surface area contributed by atoms with E-state index in [1.807, 2.05) is 24.3 Å². The molecule has 0 radical (unpaired) electrons. The van der Waals surface area contributed by atoms with Gasteiger partial charge in [0, 0.05) is 30.5 Å². The van der Waals surface area contributed by atoms with Gasteiger partial charge in [-0.2, -0.15) is 0 Å². The zero-order chi connectivity index (χ0) is 16.9. The summed E-state index contributed by atoms with van der Waals surface area (Å²) in [5.74, 6) is -1.50. The number of anilines is 3. The molecule has 1 heterocycles. The van der Waals surface area contributed by atoms with E-state index >= 15 is 0 Å². The number of hydrogen-bond acceptors (Lipinski definition) is 2. The van der Waals surface area contributed by atoms with E-state index in [1.165, 1.54) is 25.3 Å². The average Bonchev–Trinajstić information content (AvgIpc) is 2.59. The monoisotopic (exact) mass is 331 g/mol. The number of nitrogens with one attached hydrogen (secondary N) is 2. The normalized spacial score (nSPS) is 14.3. The number of carbonyl (C=O) groups excluding carboxylic acids is 1. The van der Waals surface area contributed by atoms with E-state index < -0.39 is 17.7 Å². The molecule has 1 aliphatic rings. The van der Waals surface area contributed by atoms with E-state index in [1.54, 1.807) is 0 Å². The van der Waals surface area contributed by atoms with E-state index in [2.05, 4.69) is 15.5 Å². The Morgan fingerprint density at radius 1 is 0.917 bits per heavy atom. The van der Waals surface area contributed by atoms with Crippen LogP contribution in [-0.2, 0) is 0 Å². The quantitative estimate of drug-likeness (QED) is 0.863. The van der Waals surface area contributed by atoms with Crippen molar-refractivity contribution in [3.05, 3.63) is 54.1 Å². The maximum Gasteiger partial charge on any atom is 0.323 e. The summed E-state index contributed by atoms with van der Waals surface area (Å²) in [7, 11) is 0. The fourth-order valence-electron chi connectivity index (χ4n) is 2.78. The first-order valence-corrected chi connectivity index (χ1v) is 8.00. The Balaban J connectivity index is 1.59. The first kappa shape index (κ1) is 16.2. The minimum atomic E-state index is -0.814. The second kappa shape index (κ2) is 7.29. The third-order valence-electron chi connectivity index (χ3n) is 4.03. The summed E-state index contributed by atoms with van der Waals surface area (Å²) in [6.07, 6.45) is 3.67. The van der Waals surface area contributed by atoms with E-state index in [-0.39, 0.29) is 5.69 Å². The van der Waals surface area contributed by atoms with Crippen molar-refractivity contribution >= 4 is 23.1 Å². The van der Waals surface area contributed by atoms with Gasteiger partial charge in [0.05, 0.1) is 5.69 Å². The summed E-state index contributed by atoms with van der Waals surface area (Å²) in [4.78, 5) is 14.2. The molecule has 0 atom stereocenters. The number of carbonyl (C=O) groups is 1. The molecule has 1 aliphatic heterocycles. The van der Waals surface area contributed by atoms with Crippen molar-refractivity contribution in [1.29, 1.82) is 0 Å². The minimum Gasteiger partial charge on any atom is -0.372 e. The van der Waals surface area contributed by atoms with E-state index in [0.717, 1.165) is 30.9 Å². The molecule has 1 saturated heterocycles. The van der Waals surface area contributed by atoms with Crippen LogP contribution in [0.3, 0.4) is 0 Å². The van der Waals surface area contributed by atoms with Gasteiger partial charge in [0.1, 0.15) is 11.6 Å². The first-order chi connectivity index (χ1) is 11.6. The van der Waals surface area contributed by atoms with E-state index in [0.29, 0.717) is 5.69 Å². The standard InChI is InChI=1S/C18H19F2N3O/c19-13-4-9-17(16(20)12-13)22-18(24)21-14-5-7-15(8-6-14)23-10-2-1-3-11-23/h4-9,12H,1-3,10-11H2,(H2,21,22,24). The fourth-order valence-corrected chi connectivity index (χ4v) is 2.78. The number of urea groups is 1. The Morgan fingerprint density at radius 2 is 1.62 bits per heavy atom. The Labute approximate surface area is 139 Å². The third-order valence-corrected chi connectivity index (χ3v) is 4.03. The zero-order valence-corrected chi connectivity index (χ0v) is 13.2. The minimum absolute atomic E-state index is 0.0705. The van der Waals surface area contributed by atoms with Gasteiger partial charge in [-0.05, 0) is 55.7 Å². The lowest BCUT2D eigenvalue weighted by Crippen LogP contribution is -2.29. The van der Waals surface area contributed by atoms with Crippen LogP contribution in [0.15, 0.2) is 42.5 Å². The lowest BCUT2D eigenvalue weighted by molar-refractivity contribution is 0.262. The Morgan fingerprint density at radius 3 is 2.29 bits per heavy atom. The molecule has 2 aromatic carbocycles.